The SMILES string of the molecule is CCc1noc(CCNC(=O)[C@@H]2CCC(=O)N(CC)C2)n1. The van der Waals surface area contributed by atoms with Gasteiger partial charge in [0.15, 0.2) is 5.82 Å². The van der Waals surface area contributed by atoms with E-state index >= 15 is 0 Å². The summed E-state index contributed by atoms with van der Waals surface area (Å²) in [6.07, 6.45) is 2.35. The predicted octanol–water partition coefficient (Wildman–Crippen LogP) is 0.549. The molecule has 2 rings (SSSR count). The van der Waals surface area contributed by atoms with Gasteiger partial charge in [-0.15, -0.1) is 0 Å². The van der Waals surface area contributed by atoms with Crippen LogP contribution >= 0.6 is 0 Å². The van der Waals surface area contributed by atoms with Crippen molar-refractivity contribution in [3.05, 3.63) is 11.7 Å². The molecule has 116 valence electrons. The molecule has 1 N–H and O–H groups in total. The maximum absolute atomic E-state index is 12.1. The van der Waals surface area contributed by atoms with Crippen LogP contribution in [0, 0.1) is 5.92 Å². The summed E-state index contributed by atoms with van der Waals surface area (Å²) in [5, 5.41) is 6.69. The van der Waals surface area contributed by atoms with Crippen LogP contribution in [0.3, 0.4) is 0 Å². The second-order valence-corrected chi connectivity index (χ2v) is 5.17. The van der Waals surface area contributed by atoms with Gasteiger partial charge >= 0.3 is 0 Å². The molecule has 1 fully saturated rings. The minimum absolute atomic E-state index is 0.00354. The summed E-state index contributed by atoms with van der Waals surface area (Å²) in [5.74, 6) is 1.24. The number of aryl methyl sites for hydroxylation is 1. The molecule has 0 aromatic carbocycles. The first kappa shape index (κ1) is 15.5. The molecule has 0 unspecified atom stereocenters. The van der Waals surface area contributed by atoms with Gasteiger partial charge in [0.25, 0.3) is 0 Å². The van der Waals surface area contributed by atoms with E-state index in [1.807, 2.05) is 13.8 Å². The van der Waals surface area contributed by atoms with Gasteiger partial charge in [-0.25, -0.2) is 0 Å². The molecule has 2 heterocycles. The Balaban J connectivity index is 1.75. The van der Waals surface area contributed by atoms with Crippen LogP contribution in [-0.4, -0.2) is 46.5 Å². The average Bonchev–Trinajstić information content (AvgIpc) is 2.95. The van der Waals surface area contributed by atoms with Crippen molar-refractivity contribution in [1.29, 1.82) is 0 Å². The zero-order chi connectivity index (χ0) is 15.2. The van der Waals surface area contributed by atoms with E-state index in [2.05, 4.69) is 15.5 Å². The minimum atomic E-state index is -0.114. The first-order valence-corrected chi connectivity index (χ1v) is 7.51. The number of amides is 2. The molecular weight excluding hydrogens is 272 g/mol. The van der Waals surface area contributed by atoms with Crippen LogP contribution < -0.4 is 5.32 Å². The van der Waals surface area contributed by atoms with Crippen molar-refractivity contribution in [1.82, 2.24) is 20.4 Å². The van der Waals surface area contributed by atoms with E-state index in [1.165, 1.54) is 0 Å². The quantitative estimate of drug-likeness (QED) is 0.827. The highest BCUT2D eigenvalue weighted by Crippen LogP contribution is 2.17. The summed E-state index contributed by atoms with van der Waals surface area (Å²) in [6, 6.07) is 0. The van der Waals surface area contributed by atoms with Crippen LogP contribution in [0.1, 0.15) is 38.4 Å². The van der Waals surface area contributed by atoms with Gasteiger partial charge in [0.05, 0.1) is 5.92 Å². The summed E-state index contributed by atoms with van der Waals surface area (Å²) in [4.78, 5) is 29.6. The predicted molar refractivity (Wildman–Crippen MR) is 75.4 cm³/mol. The van der Waals surface area contributed by atoms with Crippen LogP contribution in [0.4, 0.5) is 0 Å². The molecular formula is C14H22N4O3. The lowest BCUT2D eigenvalue weighted by atomic mass is 9.96. The number of nitrogens with one attached hydrogen (secondary N) is 1. The fourth-order valence-corrected chi connectivity index (χ4v) is 2.41. The Morgan fingerprint density at radius 3 is 2.95 bits per heavy atom. The van der Waals surface area contributed by atoms with Crippen LogP contribution in [-0.2, 0) is 22.4 Å². The number of rotatable bonds is 6. The molecule has 1 aliphatic heterocycles. The van der Waals surface area contributed by atoms with Crippen LogP contribution in [0.15, 0.2) is 4.52 Å². The highest BCUT2D eigenvalue weighted by molar-refractivity contribution is 5.83. The second kappa shape index (κ2) is 7.19. The highest BCUT2D eigenvalue weighted by atomic mass is 16.5. The number of likely N-dealkylation sites (tertiary alicyclic amines) is 1. The van der Waals surface area contributed by atoms with Gasteiger partial charge in [-0.1, -0.05) is 12.1 Å². The standard InChI is InChI=1S/C14H22N4O3/c1-3-11-16-12(21-17-11)7-8-15-14(20)10-5-6-13(19)18(4-2)9-10/h10H,3-9H2,1-2H3,(H,15,20)/t10-/m1/s1. The Kier molecular flexibility index (Phi) is 5.30. The van der Waals surface area contributed by atoms with E-state index in [4.69, 9.17) is 4.52 Å². The van der Waals surface area contributed by atoms with Crippen molar-refractivity contribution in [3.8, 4) is 0 Å². The minimum Gasteiger partial charge on any atom is -0.355 e. The molecule has 1 aromatic rings. The molecule has 21 heavy (non-hydrogen) atoms. The van der Waals surface area contributed by atoms with Gasteiger partial charge in [-0.3, -0.25) is 9.59 Å². The van der Waals surface area contributed by atoms with E-state index < -0.39 is 0 Å². The Morgan fingerprint density at radius 1 is 1.48 bits per heavy atom. The fourth-order valence-electron chi connectivity index (χ4n) is 2.41. The summed E-state index contributed by atoms with van der Waals surface area (Å²) >= 11 is 0. The molecule has 1 atom stereocenters. The third-order valence-electron chi connectivity index (χ3n) is 3.72. The van der Waals surface area contributed by atoms with Crippen molar-refractivity contribution in [2.24, 2.45) is 5.92 Å². The van der Waals surface area contributed by atoms with Crippen molar-refractivity contribution < 1.29 is 14.1 Å². The molecule has 7 nitrogen and oxygen atoms in total. The number of carbonyl (C=O) groups is 2. The first-order valence-electron chi connectivity index (χ1n) is 7.51. The third kappa shape index (κ3) is 4.03. The van der Waals surface area contributed by atoms with Crippen molar-refractivity contribution in [3.63, 3.8) is 0 Å². The Hall–Kier alpha value is -1.92. The molecule has 1 aromatic heterocycles. The molecule has 7 heteroatoms. The maximum atomic E-state index is 12.1. The van der Waals surface area contributed by atoms with Crippen LogP contribution in [0.2, 0.25) is 0 Å². The average molecular weight is 294 g/mol. The van der Waals surface area contributed by atoms with E-state index in [0.29, 0.717) is 50.6 Å². The summed E-state index contributed by atoms with van der Waals surface area (Å²) in [7, 11) is 0. The number of aromatic nitrogens is 2. The number of nitrogens with zero attached hydrogens (tertiary/aromatic N) is 3. The maximum Gasteiger partial charge on any atom is 0.228 e. The molecule has 2 amide bonds. The summed E-state index contributed by atoms with van der Waals surface area (Å²) in [5.41, 5.74) is 0. The van der Waals surface area contributed by atoms with Gasteiger partial charge in [0, 0.05) is 38.9 Å². The zero-order valence-electron chi connectivity index (χ0n) is 12.6. The van der Waals surface area contributed by atoms with E-state index in [1.54, 1.807) is 4.90 Å². The van der Waals surface area contributed by atoms with Crippen molar-refractivity contribution in [2.45, 2.75) is 39.5 Å². The monoisotopic (exact) mass is 294 g/mol. The fraction of sp³-hybridized carbons (Fsp3) is 0.714. The molecule has 1 saturated heterocycles. The number of piperidine rings is 1. The number of carbonyl (C=O) groups excluding carboxylic acids is 2. The summed E-state index contributed by atoms with van der Waals surface area (Å²) < 4.78 is 5.07. The molecule has 0 spiro atoms. The van der Waals surface area contributed by atoms with Crippen molar-refractivity contribution in [2.75, 3.05) is 19.6 Å². The molecule has 0 aliphatic carbocycles. The van der Waals surface area contributed by atoms with Gasteiger partial charge in [-0.05, 0) is 13.3 Å². The van der Waals surface area contributed by atoms with Gasteiger partial charge in [-0.2, -0.15) is 4.98 Å². The molecule has 1 aliphatic rings. The van der Waals surface area contributed by atoms with Crippen molar-refractivity contribution >= 4 is 11.8 Å². The Labute approximate surface area is 124 Å². The number of hydrogen-bond donors (Lipinski definition) is 1. The lowest BCUT2D eigenvalue weighted by Gasteiger charge is -2.30. The van der Waals surface area contributed by atoms with Crippen LogP contribution in [0.5, 0.6) is 0 Å². The van der Waals surface area contributed by atoms with E-state index in [9.17, 15) is 9.59 Å². The molecule has 0 bridgehead atoms. The van der Waals surface area contributed by atoms with E-state index in [0.717, 1.165) is 6.42 Å². The smallest absolute Gasteiger partial charge is 0.228 e. The second-order valence-electron chi connectivity index (χ2n) is 5.17. The lowest BCUT2D eigenvalue weighted by molar-refractivity contribution is -0.138. The van der Waals surface area contributed by atoms with Gasteiger partial charge in [0.1, 0.15) is 0 Å². The van der Waals surface area contributed by atoms with E-state index in [-0.39, 0.29) is 17.7 Å². The Bertz CT molecular complexity index is 500. The van der Waals surface area contributed by atoms with Gasteiger partial charge in [0.2, 0.25) is 17.7 Å². The first-order chi connectivity index (χ1) is 10.1. The molecule has 0 saturated carbocycles. The largest absolute Gasteiger partial charge is 0.355 e. The Morgan fingerprint density at radius 2 is 2.29 bits per heavy atom. The normalized spacial score (nSPS) is 18.9. The highest BCUT2D eigenvalue weighted by Gasteiger charge is 2.29. The van der Waals surface area contributed by atoms with Gasteiger partial charge < -0.3 is 14.7 Å². The lowest BCUT2D eigenvalue weighted by Crippen LogP contribution is -2.45. The van der Waals surface area contributed by atoms with Crippen LogP contribution in [0.25, 0.3) is 0 Å². The zero-order valence-corrected chi connectivity index (χ0v) is 12.6. The summed E-state index contributed by atoms with van der Waals surface area (Å²) in [6.45, 7) is 5.53. The topological polar surface area (TPSA) is 88.3 Å². The number of hydrogen-bond acceptors (Lipinski definition) is 5. The third-order valence-corrected chi connectivity index (χ3v) is 3.72. The molecule has 0 radical (unpaired) electrons.